The smallest absolute Gasteiger partial charge is 0.123 e. The third-order valence-electron chi connectivity index (χ3n) is 3.45. The molecule has 1 aromatic rings. The minimum absolute atomic E-state index is 0.532. The number of pyridine rings is 1. The SMILES string of the molecule is CC1CCCC(O)(Cc2ccnc(N)c2)C1. The predicted molar refractivity (Wildman–Crippen MR) is 64.9 cm³/mol. The van der Waals surface area contributed by atoms with E-state index in [0.717, 1.165) is 24.8 Å². The van der Waals surface area contributed by atoms with Gasteiger partial charge in [-0.15, -0.1) is 0 Å². The van der Waals surface area contributed by atoms with E-state index >= 15 is 0 Å². The average Bonchev–Trinajstić information content (AvgIpc) is 2.16. The molecule has 0 aliphatic heterocycles. The van der Waals surface area contributed by atoms with Crippen molar-refractivity contribution in [3.05, 3.63) is 23.9 Å². The number of nitrogens with zero attached hydrogens (tertiary/aromatic N) is 1. The summed E-state index contributed by atoms with van der Waals surface area (Å²) < 4.78 is 0. The molecule has 1 saturated carbocycles. The second-order valence-corrected chi connectivity index (χ2v) is 5.19. The summed E-state index contributed by atoms with van der Waals surface area (Å²) in [6.07, 6.45) is 6.57. The summed E-state index contributed by atoms with van der Waals surface area (Å²) in [5.41, 5.74) is 6.19. The largest absolute Gasteiger partial charge is 0.390 e. The molecule has 0 spiro atoms. The molecule has 1 aliphatic rings. The Morgan fingerprint density at radius 3 is 3.12 bits per heavy atom. The zero-order valence-electron chi connectivity index (χ0n) is 9.82. The number of nitrogen functional groups attached to an aromatic ring is 1. The fraction of sp³-hybridized carbons (Fsp3) is 0.615. The van der Waals surface area contributed by atoms with Crippen LogP contribution in [0.2, 0.25) is 0 Å². The molecular weight excluding hydrogens is 200 g/mol. The van der Waals surface area contributed by atoms with Gasteiger partial charge in [0.25, 0.3) is 0 Å². The number of hydrogen-bond donors (Lipinski definition) is 2. The van der Waals surface area contributed by atoms with E-state index in [9.17, 15) is 5.11 Å². The van der Waals surface area contributed by atoms with Crippen LogP contribution in [0.5, 0.6) is 0 Å². The van der Waals surface area contributed by atoms with Crippen LogP contribution in [-0.4, -0.2) is 15.7 Å². The van der Waals surface area contributed by atoms with Crippen molar-refractivity contribution in [3.63, 3.8) is 0 Å². The van der Waals surface area contributed by atoms with Gasteiger partial charge in [-0.25, -0.2) is 4.98 Å². The van der Waals surface area contributed by atoms with Gasteiger partial charge in [0.2, 0.25) is 0 Å². The number of hydrogen-bond acceptors (Lipinski definition) is 3. The first-order valence-electron chi connectivity index (χ1n) is 6.00. The minimum Gasteiger partial charge on any atom is -0.390 e. The Morgan fingerprint density at radius 2 is 2.44 bits per heavy atom. The zero-order valence-corrected chi connectivity index (χ0v) is 9.82. The van der Waals surface area contributed by atoms with Crippen LogP contribution in [-0.2, 0) is 6.42 Å². The highest BCUT2D eigenvalue weighted by Crippen LogP contribution is 2.34. The molecule has 3 N–H and O–H groups in total. The van der Waals surface area contributed by atoms with Crippen molar-refractivity contribution in [1.29, 1.82) is 0 Å². The number of anilines is 1. The Labute approximate surface area is 96.7 Å². The molecule has 2 rings (SSSR count). The molecule has 0 bridgehead atoms. The maximum Gasteiger partial charge on any atom is 0.123 e. The Kier molecular flexibility index (Phi) is 3.15. The van der Waals surface area contributed by atoms with E-state index in [1.54, 1.807) is 6.20 Å². The van der Waals surface area contributed by atoms with Gasteiger partial charge in [0, 0.05) is 12.6 Å². The maximum atomic E-state index is 10.5. The highest BCUT2D eigenvalue weighted by molar-refractivity contribution is 5.32. The lowest BCUT2D eigenvalue weighted by Gasteiger charge is -2.35. The number of aromatic nitrogens is 1. The van der Waals surface area contributed by atoms with Crippen LogP contribution in [0.4, 0.5) is 5.82 Å². The van der Waals surface area contributed by atoms with Gasteiger partial charge in [0.05, 0.1) is 5.60 Å². The Balaban J connectivity index is 2.08. The third kappa shape index (κ3) is 2.73. The number of nitrogens with two attached hydrogens (primary N) is 1. The van der Waals surface area contributed by atoms with E-state index < -0.39 is 5.60 Å². The molecule has 1 heterocycles. The first-order chi connectivity index (χ1) is 7.57. The number of rotatable bonds is 2. The summed E-state index contributed by atoms with van der Waals surface area (Å²) >= 11 is 0. The highest BCUT2D eigenvalue weighted by Gasteiger charge is 2.32. The molecule has 0 amide bonds. The summed E-state index contributed by atoms with van der Waals surface area (Å²) in [6, 6.07) is 3.80. The molecule has 1 aromatic heterocycles. The summed E-state index contributed by atoms with van der Waals surface area (Å²) in [4.78, 5) is 3.97. The van der Waals surface area contributed by atoms with Gasteiger partial charge >= 0.3 is 0 Å². The quantitative estimate of drug-likeness (QED) is 0.803. The normalized spacial score (nSPS) is 30.2. The lowest BCUT2D eigenvalue weighted by atomic mass is 9.76. The predicted octanol–water partition coefficient (Wildman–Crippen LogP) is 2.15. The van der Waals surface area contributed by atoms with Crippen LogP contribution >= 0.6 is 0 Å². The van der Waals surface area contributed by atoms with Gasteiger partial charge < -0.3 is 10.8 Å². The lowest BCUT2D eigenvalue weighted by molar-refractivity contribution is -0.0123. The molecule has 88 valence electrons. The Hall–Kier alpha value is -1.09. The van der Waals surface area contributed by atoms with Gasteiger partial charge in [-0.1, -0.05) is 19.8 Å². The topological polar surface area (TPSA) is 59.1 Å². The van der Waals surface area contributed by atoms with Crippen molar-refractivity contribution >= 4 is 5.82 Å². The molecule has 0 saturated heterocycles. The van der Waals surface area contributed by atoms with Crippen molar-refractivity contribution < 1.29 is 5.11 Å². The standard InChI is InChI=1S/C13H20N2O/c1-10-3-2-5-13(16,8-10)9-11-4-6-15-12(14)7-11/h4,6-7,10,16H,2-3,5,8-9H2,1H3,(H2,14,15). The molecule has 2 unspecified atom stereocenters. The van der Waals surface area contributed by atoms with E-state index in [1.807, 2.05) is 12.1 Å². The van der Waals surface area contributed by atoms with Gasteiger partial charge in [0.15, 0.2) is 0 Å². The molecule has 3 nitrogen and oxygen atoms in total. The van der Waals surface area contributed by atoms with E-state index in [4.69, 9.17) is 5.73 Å². The van der Waals surface area contributed by atoms with Crippen molar-refractivity contribution in [2.75, 3.05) is 5.73 Å². The summed E-state index contributed by atoms with van der Waals surface area (Å²) in [5, 5.41) is 10.5. The first-order valence-corrected chi connectivity index (χ1v) is 6.00. The minimum atomic E-state index is -0.536. The average molecular weight is 220 g/mol. The van der Waals surface area contributed by atoms with Crippen LogP contribution < -0.4 is 5.73 Å². The van der Waals surface area contributed by atoms with Gasteiger partial charge in [0.1, 0.15) is 5.82 Å². The van der Waals surface area contributed by atoms with Crippen LogP contribution in [0.25, 0.3) is 0 Å². The first kappa shape index (κ1) is 11.4. The molecular formula is C13H20N2O. The van der Waals surface area contributed by atoms with Crippen molar-refractivity contribution in [3.8, 4) is 0 Å². The summed E-state index contributed by atoms with van der Waals surface area (Å²) in [6.45, 7) is 2.21. The molecule has 1 fully saturated rings. The van der Waals surface area contributed by atoms with Gasteiger partial charge in [-0.3, -0.25) is 0 Å². The fourth-order valence-electron chi connectivity index (χ4n) is 2.78. The van der Waals surface area contributed by atoms with E-state index in [0.29, 0.717) is 18.2 Å². The van der Waals surface area contributed by atoms with Crippen molar-refractivity contribution in [2.45, 2.75) is 44.6 Å². The molecule has 0 aromatic carbocycles. The van der Waals surface area contributed by atoms with Crippen LogP contribution in [0.15, 0.2) is 18.3 Å². The van der Waals surface area contributed by atoms with Crippen molar-refractivity contribution in [1.82, 2.24) is 4.98 Å². The number of aliphatic hydroxyl groups is 1. The lowest BCUT2D eigenvalue weighted by Crippen LogP contribution is -2.36. The summed E-state index contributed by atoms with van der Waals surface area (Å²) in [7, 11) is 0. The zero-order chi connectivity index (χ0) is 11.6. The van der Waals surface area contributed by atoms with Gasteiger partial charge in [-0.2, -0.15) is 0 Å². The summed E-state index contributed by atoms with van der Waals surface area (Å²) in [5.74, 6) is 1.16. The van der Waals surface area contributed by atoms with Gasteiger partial charge in [-0.05, 0) is 36.5 Å². The molecule has 0 radical (unpaired) electrons. The second kappa shape index (κ2) is 4.42. The second-order valence-electron chi connectivity index (χ2n) is 5.19. The van der Waals surface area contributed by atoms with E-state index in [1.165, 1.54) is 6.42 Å². The Morgan fingerprint density at radius 1 is 1.62 bits per heavy atom. The van der Waals surface area contributed by atoms with E-state index in [-0.39, 0.29) is 0 Å². The molecule has 16 heavy (non-hydrogen) atoms. The maximum absolute atomic E-state index is 10.5. The van der Waals surface area contributed by atoms with E-state index in [2.05, 4.69) is 11.9 Å². The highest BCUT2D eigenvalue weighted by atomic mass is 16.3. The fourth-order valence-corrected chi connectivity index (χ4v) is 2.78. The van der Waals surface area contributed by atoms with Crippen LogP contribution in [0.1, 0.15) is 38.2 Å². The molecule has 1 aliphatic carbocycles. The monoisotopic (exact) mass is 220 g/mol. The Bertz CT molecular complexity index is 367. The molecule has 2 atom stereocenters. The molecule has 3 heteroatoms. The van der Waals surface area contributed by atoms with Crippen LogP contribution in [0, 0.1) is 5.92 Å². The third-order valence-corrected chi connectivity index (χ3v) is 3.45. The van der Waals surface area contributed by atoms with Crippen molar-refractivity contribution in [2.24, 2.45) is 5.92 Å². The van der Waals surface area contributed by atoms with Crippen LogP contribution in [0.3, 0.4) is 0 Å².